The molecule has 1 aromatic heterocycles. The van der Waals surface area contributed by atoms with Crippen LogP contribution < -0.4 is 10.6 Å². The average molecular weight is 193 g/mol. The van der Waals surface area contributed by atoms with Crippen LogP contribution in [0.3, 0.4) is 0 Å². The van der Waals surface area contributed by atoms with Crippen molar-refractivity contribution in [3.05, 3.63) is 30.0 Å². The normalized spacial score (nSPS) is 10.7. The van der Waals surface area contributed by atoms with Gasteiger partial charge in [-0.3, -0.25) is 4.84 Å². The van der Waals surface area contributed by atoms with Crippen LogP contribution in [0.2, 0.25) is 0 Å². The first-order valence-corrected chi connectivity index (χ1v) is 4.21. The van der Waals surface area contributed by atoms with E-state index in [4.69, 9.17) is 15.1 Å². The Balaban J connectivity index is 2.62. The number of fused-ring (bicyclic) bond motifs is 1. The van der Waals surface area contributed by atoms with Gasteiger partial charge in [0, 0.05) is 5.56 Å². The molecule has 0 aliphatic heterocycles. The number of benzene rings is 1. The molecule has 4 nitrogen and oxygen atoms in total. The second-order valence-electron chi connectivity index (χ2n) is 2.91. The molecular formula is C10H11NO3. The van der Waals surface area contributed by atoms with Gasteiger partial charge in [0.05, 0.1) is 25.4 Å². The summed E-state index contributed by atoms with van der Waals surface area (Å²) >= 11 is 0. The van der Waals surface area contributed by atoms with E-state index in [0.717, 1.165) is 22.3 Å². The van der Waals surface area contributed by atoms with Crippen LogP contribution in [0.25, 0.3) is 11.0 Å². The molecule has 0 atom stereocenters. The Morgan fingerprint density at radius 2 is 2.29 bits per heavy atom. The molecule has 0 amide bonds. The summed E-state index contributed by atoms with van der Waals surface area (Å²) in [5, 5.41) is 0.917. The fourth-order valence-electron chi connectivity index (χ4n) is 1.49. The van der Waals surface area contributed by atoms with Crippen molar-refractivity contribution in [2.75, 3.05) is 7.11 Å². The van der Waals surface area contributed by atoms with E-state index >= 15 is 0 Å². The SMILES string of the molecule is COc1cccc2occ(CON)c12. The summed E-state index contributed by atoms with van der Waals surface area (Å²) in [5.74, 6) is 5.79. The Labute approximate surface area is 81.2 Å². The molecule has 4 heteroatoms. The largest absolute Gasteiger partial charge is 0.496 e. The predicted molar refractivity (Wildman–Crippen MR) is 51.7 cm³/mol. The lowest BCUT2D eigenvalue weighted by Crippen LogP contribution is -1.98. The Bertz CT molecular complexity index is 436. The second-order valence-corrected chi connectivity index (χ2v) is 2.91. The number of hydrogen-bond acceptors (Lipinski definition) is 4. The highest BCUT2D eigenvalue weighted by atomic mass is 16.6. The van der Waals surface area contributed by atoms with Crippen molar-refractivity contribution < 1.29 is 14.0 Å². The van der Waals surface area contributed by atoms with E-state index in [9.17, 15) is 0 Å². The second kappa shape index (κ2) is 3.69. The first-order valence-electron chi connectivity index (χ1n) is 4.21. The topological polar surface area (TPSA) is 57.6 Å². The van der Waals surface area contributed by atoms with Gasteiger partial charge in [0.25, 0.3) is 0 Å². The molecule has 14 heavy (non-hydrogen) atoms. The zero-order valence-electron chi connectivity index (χ0n) is 7.82. The zero-order valence-corrected chi connectivity index (χ0v) is 7.82. The number of ether oxygens (including phenoxy) is 1. The van der Waals surface area contributed by atoms with Crippen molar-refractivity contribution in [3.63, 3.8) is 0 Å². The summed E-state index contributed by atoms with van der Waals surface area (Å²) in [7, 11) is 1.62. The van der Waals surface area contributed by atoms with Crippen LogP contribution in [0.4, 0.5) is 0 Å². The van der Waals surface area contributed by atoms with E-state index in [1.54, 1.807) is 13.4 Å². The third-order valence-corrected chi connectivity index (χ3v) is 2.10. The highest BCUT2D eigenvalue weighted by Gasteiger charge is 2.10. The zero-order chi connectivity index (χ0) is 9.97. The summed E-state index contributed by atoms with van der Waals surface area (Å²) in [5.41, 5.74) is 1.66. The molecule has 74 valence electrons. The number of methoxy groups -OCH3 is 1. The third-order valence-electron chi connectivity index (χ3n) is 2.10. The Hall–Kier alpha value is -1.52. The fourth-order valence-corrected chi connectivity index (χ4v) is 1.49. The number of furan rings is 1. The lowest BCUT2D eigenvalue weighted by atomic mass is 10.1. The summed E-state index contributed by atoms with van der Waals surface area (Å²) in [6.07, 6.45) is 1.63. The quantitative estimate of drug-likeness (QED) is 0.755. The van der Waals surface area contributed by atoms with Crippen molar-refractivity contribution >= 4 is 11.0 Å². The van der Waals surface area contributed by atoms with Gasteiger partial charge in [-0.1, -0.05) is 6.07 Å². The molecule has 2 rings (SSSR count). The van der Waals surface area contributed by atoms with E-state index in [-0.39, 0.29) is 0 Å². The van der Waals surface area contributed by atoms with E-state index in [1.807, 2.05) is 18.2 Å². The van der Waals surface area contributed by atoms with Crippen molar-refractivity contribution in [3.8, 4) is 5.75 Å². The van der Waals surface area contributed by atoms with Gasteiger partial charge >= 0.3 is 0 Å². The van der Waals surface area contributed by atoms with Crippen LogP contribution in [0.15, 0.2) is 28.9 Å². The molecule has 0 unspecified atom stereocenters. The molecule has 0 fully saturated rings. The number of rotatable bonds is 3. The van der Waals surface area contributed by atoms with Gasteiger partial charge in [-0.25, -0.2) is 5.90 Å². The average Bonchev–Trinajstić information content (AvgIpc) is 2.62. The molecule has 0 saturated heterocycles. The summed E-state index contributed by atoms with van der Waals surface area (Å²) < 4.78 is 10.5. The summed E-state index contributed by atoms with van der Waals surface area (Å²) in [4.78, 5) is 4.58. The molecule has 0 radical (unpaired) electrons. The van der Waals surface area contributed by atoms with Crippen molar-refractivity contribution in [1.29, 1.82) is 0 Å². The van der Waals surface area contributed by atoms with Crippen LogP contribution in [0.5, 0.6) is 5.75 Å². The molecular weight excluding hydrogens is 182 g/mol. The standard InChI is InChI=1S/C10H11NO3/c1-12-8-3-2-4-9-10(8)7(5-13-9)6-14-11/h2-5H,6,11H2,1H3. The van der Waals surface area contributed by atoms with Gasteiger partial charge < -0.3 is 9.15 Å². The van der Waals surface area contributed by atoms with Gasteiger partial charge in [-0.15, -0.1) is 0 Å². The fraction of sp³-hybridized carbons (Fsp3) is 0.200. The van der Waals surface area contributed by atoms with Crippen LogP contribution in [0.1, 0.15) is 5.56 Å². The third kappa shape index (κ3) is 1.34. The van der Waals surface area contributed by atoms with Crippen LogP contribution in [-0.2, 0) is 11.4 Å². The molecule has 0 saturated carbocycles. The van der Waals surface area contributed by atoms with Crippen LogP contribution in [0, 0.1) is 0 Å². The molecule has 1 aromatic carbocycles. The van der Waals surface area contributed by atoms with E-state index < -0.39 is 0 Å². The minimum Gasteiger partial charge on any atom is -0.496 e. The molecule has 2 N–H and O–H groups in total. The first-order chi connectivity index (χ1) is 6.86. The van der Waals surface area contributed by atoms with E-state index in [1.165, 1.54) is 0 Å². The lowest BCUT2D eigenvalue weighted by Gasteiger charge is -2.02. The summed E-state index contributed by atoms with van der Waals surface area (Å²) in [6.45, 7) is 0.313. The molecule has 0 aliphatic carbocycles. The predicted octanol–water partition coefficient (Wildman–Crippen LogP) is 1.83. The molecule has 0 aliphatic rings. The van der Waals surface area contributed by atoms with Gasteiger partial charge in [0.1, 0.15) is 11.3 Å². The maximum Gasteiger partial charge on any atom is 0.137 e. The molecule has 0 spiro atoms. The van der Waals surface area contributed by atoms with Gasteiger partial charge in [-0.05, 0) is 12.1 Å². The Morgan fingerprint density at radius 1 is 1.43 bits per heavy atom. The van der Waals surface area contributed by atoms with Crippen molar-refractivity contribution in [2.24, 2.45) is 5.90 Å². The van der Waals surface area contributed by atoms with E-state index in [0.29, 0.717) is 6.61 Å². The van der Waals surface area contributed by atoms with Crippen LogP contribution >= 0.6 is 0 Å². The van der Waals surface area contributed by atoms with E-state index in [2.05, 4.69) is 4.84 Å². The van der Waals surface area contributed by atoms with Gasteiger partial charge in [0.15, 0.2) is 0 Å². The van der Waals surface area contributed by atoms with Crippen molar-refractivity contribution in [2.45, 2.75) is 6.61 Å². The highest BCUT2D eigenvalue weighted by molar-refractivity contribution is 5.87. The minimum absolute atomic E-state index is 0.313. The maximum atomic E-state index is 5.33. The monoisotopic (exact) mass is 193 g/mol. The maximum absolute atomic E-state index is 5.33. The highest BCUT2D eigenvalue weighted by Crippen LogP contribution is 2.30. The van der Waals surface area contributed by atoms with Crippen molar-refractivity contribution in [1.82, 2.24) is 0 Å². The Kier molecular flexibility index (Phi) is 2.39. The Morgan fingerprint density at radius 3 is 3.00 bits per heavy atom. The molecule has 2 aromatic rings. The van der Waals surface area contributed by atoms with Gasteiger partial charge in [0.2, 0.25) is 0 Å². The number of nitrogens with two attached hydrogens (primary N) is 1. The summed E-state index contributed by atoms with van der Waals surface area (Å²) in [6, 6.07) is 5.62. The van der Waals surface area contributed by atoms with Crippen LogP contribution in [-0.4, -0.2) is 7.11 Å². The molecule has 0 bridgehead atoms. The van der Waals surface area contributed by atoms with Gasteiger partial charge in [-0.2, -0.15) is 0 Å². The first kappa shape index (κ1) is 9.05. The lowest BCUT2D eigenvalue weighted by molar-refractivity contribution is 0.124. The smallest absolute Gasteiger partial charge is 0.137 e. The number of hydrogen-bond donors (Lipinski definition) is 1. The molecule has 1 heterocycles. The minimum atomic E-state index is 0.313.